The van der Waals surface area contributed by atoms with Gasteiger partial charge in [0, 0.05) is 29.9 Å². The molecule has 5 nitrogen and oxygen atoms in total. The van der Waals surface area contributed by atoms with Crippen molar-refractivity contribution >= 4 is 29.1 Å². The van der Waals surface area contributed by atoms with Gasteiger partial charge < -0.3 is 15.3 Å². The number of carbonyl (C=O) groups excluding carboxylic acids is 2. The number of hydrogen-bond acceptors (Lipinski definition) is 3. The molecule has 2 rings (SSSR count). The largest absolute Gasteiger partial charge is 0.396 e. The number of aliphatic hydroxyl groups is 1. The predicted octanol–water partition coefficient (Wildman–Crippen LogP) is 1.51. The molecule has 1 unspecified atom stereocenters. The molecule has 0 spiro atoms. The zero-order valence-electron chi connectivity index (χ0n) is 11.9. The van der Waals surface area contributed by atoms with Crippen molar-refractivity contribution in [2.45, 2.75) is 32.2 Å². The Kier molecular flexibility index (Phi) is 5.20. The maximum absolute atomic E-state index is 12.3. The molecule has 2 amide bonds. The summed E-state index contributed by atoms with van der Waals surface area (Å²) in [5.41, 5.74) is 1.62. The summed E-state index contributed by atoms with van der Waals surface area (Å²) in [7, 11) is 0. The van der Waals surface area contributed by atoms with E-state index in [1.54, 1.807) is 18.2 Å². The lowest BCUT2D eigenvalue weighted by Crippen LogP contribution is -2.45. The molecule has 0 bridgehead atoms. The van der Waals surface area contributed by atoms with Gasteiger partial charge in [-0.1, -0.05) is 17.7 Å². The third kappa shape index (κ3) is 3.54. The van der Waals surface area contributed by atoms with E-state index in [1.165, 1.54) is 4.90 Å². The fraction of sp³-hybridized carbons (Fsp3) is 0.467. The Balaban J connectivity index is 2.02. The van der Waals surface area contributed by atoms with Crippen molar-refractivity contribution in [1.29, 1.82) is 0 Å². The van der Waals surface area contributed by atoms with Crippen LogP contribution >= 0.6 is 11.6 Å². The predicted molar refractivity (Wildman–Crippen MR) is 81.4 cm³/mol. The Labute approximate surface area is 128 Å². The Bertz CT molecular complexity index is 548. The van der Waals surface area contributed by atoms with Gasteiger partial charge in [0.2, 0.25) is 0 Å². The zero-order valence-corrected chi connectivity index (χ0v) is 12.7. The summed E-state index contributed by atoms with van der Waals surface area (Å²) in [6.07, 6.45) is 1.89. The zero-order chi connectivity index (χ0) is 15.4. The molecule has 1 aromatic carbocycles. The summed E-state index contributed by atoms with van der Waals surface area (Å²) in [5, 5.41) is 12.1. The van der Waals surface area contributed by atoms with Crippen LogP contribution in [-0.4, -0.2) is 36.1 Å². The molecule has 0 radical (unpaired) electrons. The van der Waals surface area contributed by atoms with Crippen LogP contribution in [0.5, 0.6) is 0 Å². The van der Waals surface area contributed by atoms with Crippen LogP contribution in [0.1, 0.15) is 25.3 Å². The highest BCUT2D eigenvalue weighted by molar-refractivity contribution is 6.41. The van der Waals surface area contributed by atoms with E-state index in [0.717, 1.165) is 5.56 Å². The molecule has 0 saturated heterocycles. The maximum Gasteiger partial charge on any atom is 0.316 e. The molecule has 2 N–H and O–H groups in total. The first kappa shape index (κ1) is 15.8. The molecule has 1 atom stereocenters. The first-order chi connectivity index (χ1) is 10.0. The molecule has 21 heavy (non-hydrogen) atoms. The van der Waals surface area contributed by atoms with E-state index in [4.69, 9.17) is 16.7 Å². The Morgan fingerprint density at radius 3 is 2.95 bits per heavy atom. The van der Waals surface area contributed by atoms with Crippen molar-refractivity contribution in [3.63, 3.8) is 0 Å². The van der Waals surface area contributed by atoms with Gasteiger partial charge in [-0.3, -0.25) is 9.59 Å². The first-order valence-corrected chi connectivity index (χ1v) is 7.43. The summed E-state index contributed by atoms with van der Waals surface area (Å²) >= 11 is 6.10. The van der Waals surface area contributed by atoms with Gasteiger partial charge in [0.1, 0.15) is 0 Å². The third-order valence-electron chi connectivity index (χ3n) is 3.58. The van der Waals surface area contributed by atoms with Crippen molar-refractivity contribution in [1.82, 2.24) is 5.32 Å². The van der Waals surface area contributed by atoms with Crippen LogP contribution < -0.4 is 10.2 Å². The summed E-state index contributed by atoms with van der Waals surface area (Å²) in [6.45, 7) is 2.36. The quantitative estimate of drug-likeness (QED) is 0.828. The lowest BCUT2D eigenvalue weighted by molar-refractivity contribution is -0.138. The fourth-order valence-electron chi connectivity index (χ4n) is 2.48. The van der Waals surface area contributed by atoms with Crippen molar-refractivity contribution in [3.8, 4) is 0 Å². The van der Waals surface area contributed by atoms with Crippen molar-refractivity contribution in [2.24, 2.45) is 0 Å². The van der Waals surface area contributed by atoms with E-state index >= 15 is 0 Å². The number of fused-ring (bicyclic) bond motifs is 1. The number of anilines is 1. The normalized spacial score (nSPS) is 14.7. The second kappa shape index (κ2) is 6.91. The summed E-state index contributed by atoms with van der Waals surface area (Å²) in [5.74, 6) is -1.18. The minimum Gasteiger partial charge on any atom is -0.396 e. The van der Waals surface area contributed by atoms with Crippen LogP contribution in [-0.2, 0) is 16.0 Å². The average molecular weight is 311 g/mol. The van der Waals surface area contributed by atoms with Crippen LogP contribution in [0.25, 0.3) is 0 Å². The lowest BCUT2D eigenvalue weighted by atomic mass is 10.2. The second-order valence-electron chi connectivity index (χ2n) is 5.18. The average Bonchev–Trinajstić information content (AvgIpc) is 2.89. The Morgan fingerprint density at radius 2 is 2.24 bits per heavy atom. The number of amides is 2. The molecule has 6 heteroatoms. The number of nitrogens with zero attached hydrogens (tertiary/aromatic N) is 1. The molecule has 0 aromatic heterocycles. The highest BCUT2D eigenvalue weighted by atomic mass is 35.5. The molecular formula is C15H19ClN2O3. The topological polar surface area (TPSA) is 69.6 Å². The van der Waals surface area contributed by atoms with Gasteiger partial charge in [-0.05, 0) is 43.9 Å². The number of nitrogens with one attached hydrogen (secondary N) is 1. The van der Waals surface area contributed by atoms with Gasteiger partial charge in [0.25, 0.3) is 0 Å². The monoisotopic (exact) mass is 310 g/mol. The lowest BCUT2D eigenvalue weighted by Gasteiger charge is -2.19. The van der Waals surface area contributed by atoms with E-state index in [1.807, 2.05) is 6.92 Å². The van der Waals surface area contributed by atoms with Crippen LogP contribution in [0.2, 0.25) is 5.02 Å². The van der Waals surface area contributed by atoms with Crippen LogP contribution in [0, 0.1) is 0 Å². The van der Waals surface area contributed by atoms with Crippen molar-refractivity contribution in [2.75, 3.05) is 18.1 Å². The van der Waals surface area contributed by atoms with Gasteiger partial charge >= 0.3 is 11.8 Å². The van der Waals surface area contributed by atoms with Gasteiger partial charge in [-0.2, -0.15) is 0 Å². The summed E-state index contributed by atoms with van der Waals surface area (Å²) in [4.78, 5) is 25.7. The fourth-order valence-corrected chi connectivity index (χ4v) is 2.74. The second-order valence-corrected chi connectivity index (χ2v) is 5.59. The molecule has 0 aliphatic carbocycles. The number of halogens is 1. The van der Waals surface area contributed by atoms with E-state index < -0.39 is 11.8 Å². The summed E-state index contributed by atoms with van der Waals surface area (Å²) < 4.78 is 0. The molecule has 0 fully saturated rings. The number of benzene rings is 1. The molecule has 114 valence electrons. The van der Waals surface area contributed by atoms with Crippen LogP contribution in [0.4, 0.5) is 5.69 Å². The SMILES string of the molecule is CC(CCCO)NC(=O)C(=O)N1CCc2c(Cl)cccc21. The molecule has 1 aromatic rings. The molecule has 1 heterocycles. The van der Waals surface area contributed by atoms with E-state index in [9.17, 15) is 9.59 Å². The van der Waals surface area contributed by atoms with Crippen LogP contribution in [0.15, 0.2) is 18.2 Å². The molecule has 0 saturated carbocycles. The number of carbonyl (C=O) groups is 2. The molecular weight excluding hydrogens is 292 g/mol. The van der Waals surface area contributed by atoms with E-state index in [-0.39, 0.29) is 12.6 Å². The number of rotatable bonds is 4. The van der Waals surface area contributed by atoms with Gasteiger partial charge in [0.05, 0.1) is 0 Å². The highest BCUT2D eigenvalue weighted by Crippen LogP contribution is 2.33. The maximum atomic E-state index is 12.3. The van der Waals surface area contributed by atoms with Gasteiger partial charge in [-0.15, -0.1) is 0 Å². The van der Waals surface area contributed by atoms with E-state index in [0.29, 0.717) is 36.5 Å². The van der Waals surface area contributed by atoms with Gasteiger partial charge in [-0.25, -0.2) is 0 Å². The van der Waals surface area contributed by atoms with Crippen molar-refractivity contribution < 1.29 is 14.7 Å². The standard InChI is InChI=1S/C15H19ClN2O3/c1-10(4-3-9-19)17-14(20)15(21)18-8-7-11-12(16)5-2-6-13(11)18/h2,5-6,10,19H,3-4,7-9H2,1H3,(H,17,20). The number of hydrogen-bond donors (Lipinski definition) is 2. The Morgan fingerprint density at radius 1 is 1.48 bits per heavy atom. The minimum atomic E-state index is -0.617. The van der Waals surface area contributed by atoms with Crippen molar-refractivity contribution in [3.05, 3.63) is 28.8 Å². The van der Waals surface area contributed by atoms with Crippen LogP contribution in [0.3, 0.4) is 0 Å². The summed E-state index contributed by atoms with van der Waals surface area (Å²) in [6, 6.07) is 5.21. The third-order valence-corrected chi connectivity index (χ3v) is 3.94. The molecule has 1 aliphatic rings. The van der Waals surface area contributed by atoms with E-state index in [2.05, 4.69) is 5.32 Å². The number of aliphatic hydroxyl groups excluding tert-OH is 1. The smallest absolute Gasteiger partial charge is 0.316 e. The van der Waals surface area contributed by atoms with Gasteiger partial charge in [0.15, 0.2) is 0 Å². The minimum absolute atomic E-state index is 0.0756. The Hall–Kier alpha value is -1.59. The molecule has 1 aliphatic heterocycles. The first-order valence-electron chi connectivity index (χ1n) is 7.05. The highest BCUT2D eigenvalue weighted by Gasteiger charge is 2.30.